The number of benzene rings is 1. The molecule has 2 N–H and O–H groups in total. The van der Waals surface area contributed by atoms with Gasteiger partial charge in [0.05, 0.1) is 24.5 Å². The number of carbonyl (C=O) groups excluding carboxylic acids is 1. The fourth-order valence-corrected chi connectivity index (χ4v) is 6.06. The van der Waals surface area contributed by atoms with Crippen LogP contribution in [-0.4, -0.2) is 51.6 Å². The molecule has 0 aliphatic carbocycles. The Morgan fingerprint density at radius 3 is 2.68 bits per heavy atom. The van der Waals surface area contributed by atoms with Gasteiger partial charge in [-0.05, 0) is 24.3 Å². The van der Waals surface area contributed by atoms with Gasteiger partial charge in [0.1, 0.15) is 5.75 Å². The largest absolute Gasteiger partial charge is 0.497 e. The van der Waals surface area contributed by atoms with Crippen LogP contribution in [0.4, 0.5) is 0 Å². The lowest BCUT2D eigenvalue weighted by atomic mass is 10.2. The molecule has 132 valence electrons. The molecule has 2 heterocycles. The molecule has 25 heavy (non-hydrogen) atoms. The second kappa shape index (κ2) is 8.93. The van der Waals surface area contributed by atoms with E-state index < -0.39 is 0 Å². The van der Waals surface area contributed by atoms with E-state index in [0.29, 0.717) is 5.25 Å². The maximum Gasteiger partial charge on any atom is 0.227 e. The fraction of sp³-hybridized carbons (Fsp3) is 0.333. The highest BCUT2D eigenvalue weighted by molar-refractivity contribution is 8.16. The van der Waals surface area contributed by atoms with E-state index >= 15 is 0 Å². The van der Waals surface area contributed by atoms with Crippen molar-refractivity contribution in [1.82, 2.24) is 10.2 Å². The van der Waals surface area contributed by atoms with Gasteiger partial charge in [0, 0.05) is 16.6 Å². The van der Waals surface area contributed by atoms with Crippen LogP contribution < -0.4 is 10.5 Å². The summed E-state index contributed by atoms with van der Waals surface area (Å²) in [5.74, 6) is 1.65. The molecule has 1 amide bonds. The lowest BCUT2D eigenvalue weighted by Crippen LogP contribution is -2.12. The summed E-state index contributed by atoms with van der Waals surface area (Å²) in [4.78, 5) is 15.4. The monoisotopic (exact) mass is 412 g/mol. The van der Waals surface area contributed by atoms with Crippen LogP contribution in [0.5, 0.6) is 5.75 Å². The van der Waals surface area contributed by atoms with E-state index in [4.69, 9.17) is 10.5 Å². The normalized spacial score (nSPS) is 16.7. The Morgan fingerprint density at radius 1 is 1.28 bits per heavy atom. The van der Waals surface area contributed by atoms with E-state index in [2.05, 4.69) is 15.2 Å². The quantitative estimate of drug-likeness (QED) is 0.667. The number of ether oxygens (including phenoxy) is 1. The molecule has 1 aromatic carbocycles. The number of hydrogen-bond acceptors (Lipinski definition) is 9. The molecule has 0 radical (unpaired) electrons. The number of thioether (sulfide) groups is 3. The van der Waals surface area contributed by atoms with Gasteiger partial charge in [0.25, 0.3) is 0 Å². The van der Waals surface area contributed by atoms with E-state index in [-0.39, 0.29) is 11.7 Å². The van der Waals surface area contributed by atoms with Gasteiger partial charge in [-0.15, -0.1) is 22.0 Å². The first kappa shape index (κ1) is 18.6. The molecule has 0 saturated heterocycles. The number of rotatable bonds is 8. The van der Waals surface area contributed by atoms with Crippen molar-refractivity contribution in [2.75, 3.05) is 25.2 Å². The molecule has 1 aromatic heterocycles. The van der Waals surface area contributed by atoms with Crippen molar-refractivity contribution in [3.63, 3.8) is 0 Å². The van der Waals surface area contributed by atoms with Gasteiger partial charge in [-0.25, -0.2) is 0 Å². The molecule has 0 fully saturated rings. The van der Waals surface area contributed by atoms with Gasteiger partial charge >= 0.3 is 0 Å². The third-order valence-electron chi connectivity index (χ3n) is 3.17. The predicted molar refractivity (Wildman–Crippen MR) is 106 cm³/mol. The van der Waals surface area contributed by atoms with E-state index in [1.165, 1.54) is 23.1 Å². The molecule has 0 saturated carbocycles. The highest BCUT2D eigenvalue weighted by Gasteiger charge is 2.21. The van der Waals surface area contributed by atoms with Crippen molar-refractivity contribution in [3.05, 3.63) is 29.8 Å². The molecular formula is C15H16N4O2S4. The van der Waals surface area contributed by atoms with Gasteiger partial charge in [-0.2, -0.15) is 0 Å². The molecular weight excluding hydrogens is 396 g/mol. The number of carbonyl (C=O) groups is 1. The molecule has 0 bridgehead atoms. The maximum atomic E-state index is 10.8. The smallest absolute Gasteiger partial charge is 0.227 e. The first-order chi connectivity index (χ1) is 12.1. The summed E-state index contributed by atoms with van der Waals surface area (Å²) in [5.41, 5.74) is 6.26. The lowest BCUT2D eigenvalue weighted by molar-refractivity contribution is -0.115. The Morgan fingerprint density at radius 2 is 2.00 bits per heavy atom. The number of amides is 1. The molecule has 1 aliphatic rings. The van der Waals surface area contributed by atoms with Crippen molar-refractivity contribution >= 4 is 57.6 Å². The molecule has 0 spiro atoms. The van der Waals surface area contributed by atoms with Gasteiger partial charge in [0.15, 0.2) is 8.68 Å². The first-order valence-electron chi connectivity index (χ1n) is 7.37. The van der Waals surface area contributed by atoms with E-state index in [9.17, 15) is 4.79 Å². The van der Waals surface area contributed by atoms with Crippen LogP contribution in [-0.2, 0) is 4.79 Å². The highest BCUT2D eigenvalue weighted by atomic mass is 32.2. The minimum atomic E-state index is -0.347. The Hall–Kier alpha value is -1.23. The number of hydrogen-bond donors (Lipinski definition) is 1. The third kappa shape index (κ3) is 5.37. The Labute approximate surface area is 162 Å². The Bertz CT molecular complexity index is 763. The van der Waals surface area contributed by atoms with Crippen LogP contribution in [0.25, 0.3) is 0 Å². The summed E-state index contributed by atoms with van der Waals surface area (Å²) in [6, 6.07) is 7.97. The zero-order valence-electron chi connectivity index (χ0n) is 13.4. The number of primary amides is 1. The summed E-state index contributed by atoms with van der Waals surface area (Å²) in [7, 11) is 1.66. The standard InChI is InChI=1S/C15H16N4O2S4/c1-21-10-4-2-9(3-5-10)13-17-6-11(24-13)7-22-14-18-19-15(25-14)23-8-12(16)20/h2-5,11H,6-8H2,1H3,(H2,16,20)/t11-/m0/s1. The van der Waals surface area contributed by atoms with Crippen molar-refractivity contribution in [3.8, 4) is 5.75 Å². The minimum absolute atomic E-state index is 0.233. The van der Waals surface area contributed by atoms with Gasteiger partial charge < -0.3 is 10.5 Å². The Kier molecular flexibility index (Phi) is 6.63. The summed E-state index contributed by atoms with van der Waals surface area (Å²) in [6.07, 6.45) is 0. The van der Waals surface area contributed by atoms with Crippen LogP contribution in [0.1, 0.15) is 5.56 Å². The number of aliphatic imine (C=N–C) groups is 1. The Balaban J connectivity index is 1.47. The SMILES string of the molecule is COc1ccc(C2=NC[C@@H](CSc3nnc(SCC(N)=O)s3)S2)cc1. The topological polar surface area (TPSA) is 90.5 Å². The molecule has 10 heteroatoms. The van der Waals surface area contributed by atoms with E-state index in [1.54, 1.807) is 30.6 Å². The van der Waals surface area contributed by atoms with Crippen LogP contribution in [0, 0.1) is 0 Å². The molecule has 1 atom stereocenters. The first-order valence-corrected chi connectivity index (χ1v) is 11.0. The number of nitrogens with two attached hydrogens (primary N) is 1. The van der Waals surface area contributed by atoms with E-state index in [0.717, 1.165) is 37.3 Å². The minimum Gasteiger partial charge on any atom is -0.497 e. The summed E-state index contributed by atoms with van der Waals surface area (Å²) < 4.78 is 6.87. The summed E-state index contributed by atoms with van der Waals surface area (Å²) in [6.45, 7) is 0.807. The maximum absolute atomic E-state index is 10.8. The van der Waals surface area contributed by atoms with Gasteiger partial charge in [0.2, 0.25) is 5.91 Å². The lowest BCUT2D eigenvalue weighted by Gasteiger charge is -2.06. The van der Waals surface area contributed by atoms with Crippen LogP contribution in [0.3, 0.4) is 0 Å². The van der Waals surface area contributed by atoms with Crippen molar-refractivity contribution < 1.29 is 9.53 Å². The third-order valence-corrected chi connectivity index (χ3v) is 8.00. The predicted octanol–water partition coefficient (Wildman–Crippen LogP) is 2.78. The second-order valence-electron chi connectivity index (χ2n) is 5.01. The van der Waals surface area contributed by atoms with Crippen molar-refractivity contribution in [2.45, 2.75) is 13.9 Å². The highest BCUT2D eigenvalue weighted by Crippen LogP contribution is 2.33. The van der Waals surface area contributed by atoms with Gasteiger partial charge in [-0.3, -0.25) is 9.79 Å². The molecule has 3 rings (SSSR count). The van der Waals surface area contributed by atoms with Crippen LogP contribution >= 0.6 is 46.6 Å². The fourth-order valence-electron chi connectivity index (χ4n) is 2.01. The average Bonchev–Trinajstić information content (AvgIpc) is 3.27. The van der Waals surface area contributed by atoms with E-state index in [1.807, 2.05) is 24.3 Å². The van der Waals surface area contributed by atoms with Gasteiger partial charge in [-0.1, -0.05) is 34.9 Å². The average molecular weight is 413 g/mol. The molecule has 2 aromatic rings. The second-order valence-corrected chi connectivity index (χ2v) is 9.77. The van der Waals surface area contributed by atoms with Crippen LogP contribution in [0.2, 0.25) is 0 Å². The molecule has 6 nitrogen and oxygen atoms in total. The number of methoxy groups -OCH3 is 1. The number of nitrogens with zero attached hydrogens (tertiary/aromatic N) is 3. The number of aromatic nitrogens is 2. The summed E-state index contributed by atoms with van der Waals surface area (Å²) in [5, 5.41) is 9.71. The zero-order valence-corrected chi connectivity index (χ0v) is 16.6. The van der Waals surface area contributed by atoms with Crippen molar-refractivity contribution in [1.29, 1.82) is 0 Å². The zero-order chi connectivity index (χ0) is 17.6. The van der Waals surface area contributed by atoms with Crippen LogP contribution in [0.15, 0.2) is 37.9 Å². The van der Waals surface area contributed by atoms with Crippen molar-refractivity contribution in [2.24, 2.45) is 10.7 Å². The summed E-state index contributed by atoms with van der Waals surface area (Å²) >= 11 is 6.30. The molecule has 0 unspecified atom stereocenters. The molecule has 1 aliphatic heterocycles.